The minimum absolute atomic E-state index is 0.00777. The molecule has 1 N–H and O–H groups in total. The number of rotatable bonds is 20. The van der Waals surface area contributed by atoms with Gasteiger partial charge in [0.25, 0.3) is 11.8 Å². The summed E-state index contributed by atoms with van der Waals surface area (Å²) in [5, 5.41) is 9.69. The van der Waals surface area contributed by atoms with Gasteiger partial charge in [0.1, 0.15) is 0 Å². The van der Waals surface area contributed by atoms with Crippen molar-refractivity contribution in [3.05, 3.63) is 101 Å². The molecule has 0 aliphatic carbocycles. The maximum Gasteiger partial charge on any atom is 0.266 e. The van der Waals surface area contributed by atoms with Crippen LogP contribution in [0.1, 0.15) is 148 Å². The van der Waals surface area contributed by atoms with Crippen LogP contribution in [0.25, 0.3) is 0 Å². The van der Waals surface area contributed by atoms with E-state index in [1.165, 1.54) is 81.9 Å². The molecule has 7 nitrogen and oxygen atoms in total. The molecule has 3 aromatic carbocycles. The van der Waals surface area contributed by atoms with Crippen molar-refractivity contribution in [2.75, 3.05) is 24.5 Å². The van der Waals surface area contributed by atoms with E-state index < -0.39 is 6.29 Å². The molecule has 0 bridgehead atoms. The number of hydrogen-bond acceptors (Lipinski definition) is 6. The van der Waals surface area contributed by atoms with Gasteiger partial charge in [-0.05, 0) is 61.3 Å². The fourth-order valence-electron chi connectivity index (χ4n) is 7.34. The lowest BCUT2D eigenvalue weighted by molar-refractivity contribution is -0.276. The highest BCUT2D eigenvalue weighted by Crippen LogP contribution is 2.43. The molecule has 5 rings (SSSR count). The fraction of sp³-hybridized carbons (Fsp3) is 0.535. The number of hydrogen-bond donors (Lipinski definition) is 1. The smallest absolute Gasteiger partial charge is 0.266 e. The largest absolute Gasteiger partial charge is 0.392 e. The number of carbonyl (C=O) groups is 2. The Morgan fingerprint density at radius 1 is 0.680 bits per heavy atom. The first-order valence-electron chi connectivity index (χ1n) is 19.3. The van der Waals surface area contributed by atoms with Crippen molar-refractivity contribution in [2.45, 2.75) is 123 Å². The third kappa shape index (κ3) is 9.70. The van der Waals surface area contributed by atoms with Gasteiger partial charge >= 0.3 is 0 Å². The Morgan fingerprint density at radius 3 is 1.84 bits per heavy atom. The normalized spacial score (nSPS) is 20.5. The van der Waals surface area contributed by atoms with E-state index in [1.807, 2.05) is 42.5 Å². The Morgan fingerprint density at radius 2 is 1.26 bits per heavy atom. The van der Waals surface area contributed by atoms with E-state index in [9.17, 15) is 14.7 Å². The molecule has 0 radical (unpaired) electrons. The molecule has 50 heavy (non-hydrogen) atoms. The number of imide groups is 1. The van der Waals surface area contributed by atoms with Gasteiger partial charge in [0.05, 0.1) is 35.6 Å². The number of fused-ring (bicyclic) bond motifs is 1. The summed E-state index contributed by atoms with van der Waals surface area (Å²) in [6, 6.07) is 22.4. The molecule has 1 saturated heterocycles. The van der Waals surface area contributed by atoms with E-state index >= 15 is 0 Å². The average molecular weight is 683 g/mol. The number of benzene rings is 3. The summed E-state index contributed by atoms with van der Waals surface area (Å²) in [6.07, 6.45) is 14.2. The fourth-order valence-corrected chi connectivity index (χ4v) is 7.34. The molecular formula is C43H58N2O5. The summed E-state index contributed by atoms with van der Waals surface area (Å²) in [7, 11) is 0. The van der Waals surface area contributed by atoms with Gasteiger partial charge in [-0.25, -0.2) is 4.90 Å². The van der Waals surface area contributed by atoms with E-state index in [2.05, 4.69) is 25.7 Å². The van der Waals surface area contributed by atoms with Crippen LogP contribution in [-0.2, 0) is 16.1 Å². The number of amides is 2. The number of ether oxygens (including phenoxy) is 2. The summed E-state index contributed by atoms with van der Waals surface area (Å²) < 4.78 is 13.6. The Bertz CT molecular complexity index is 1460. The van der Waals surface area contributed by atoms with Crippen molar-refractivity contribution in [3.8, 4) is 0 Å². The van der Waals surface area contributed by atoms with Gasteiger partial charge in [0.2, 0.25) is 0 Å². The molecule has 3 aromatic rings. The van der Waals surface area contributed by atoms with Gasteiger partial charge in [0, 0.05) is 18.0 Å². The molecule has 0 aromatic heterocycles. The quantitative estimate of drug-likeness (QED) is 0.0944. The topological polar surface area (TPSA) is 79.3 Å². The van der Waals surface area contributed by atoms with E-state index in [4.69, 9.17) is 9.47 Å². The van der Waals surface area contributed by atoms with Crippen molar-refractivity contribution < 1.29 is 24.2 Å². The predicted molar refractivity (Wildman–Crippen MR) is 200 cm³/mol. The van der Waals surface area contributed by atoms with Crippen molar-refractivity contribution in [2.24, 2.45) is 5.92 Å². The van der Waals surface area contributed by atoms with Crippen LogP contribution < -0.4 is 4.90 Å². The molecule has 2 aliphatic heterocycles. The summed E-state index contributed by atoms with van der Waals surface area (Å²) in [5.41, 5.74) is 4.02. The first kappa shape index (κ1) is 37.9. The van der Waals surface area contributed by atoms with E-state index in [0.29, 0.717) is 16.8 Å². The third-order valence-electron chi connectivity index (χ3n) is 10.4. The predicted octanol–water partition coefficient (Wildman–Crippen LogP) is 9.79. The third-order valence-corrected chi connectivity index (χ3v) is 10.4. The molecule has 1 fully saturated rings. The lowest BCUT2D eigenvalue weighted by Crippen LogP contribution is -2.45. The van der Waals surface area contributed by atoms with Crippen molar-refractivity contribution in [1.82, 2.24) is 4.90 Å². The zero-order valence-corrected chi connectivity index (χ0v) is 30.5. The molecular weight excluding hydrogens is 624 g/mol. The number of aliphatic hydroxyl groups excluding tert-OH is 1. The van der Waals surface area contributed by atoms with Gasteiger partial charge in [-0.3, -0.25) is 9.59 Å². The Hall–Kier alpha value is -3.36. The van der Waals surface area contributed by atoms with Crippen molar-refractivity contribution >= 4 is 17.5 Å². The van der Waals surface area contributed by atoms with Crippen LogP contribution in [0.5, 0.6) is 0 Å². The molecule has 0 spiro atoms. The Kier molecular flexibility index (Phi) is 14.6. The number of nitrogens with zero attached hydrogens (tertiary/aromatic N) is 2. The summed E-state index contributed by atoms with van der Waals surface area (Å²) >= 11 is 0. The maximum absolute atomic E-state index is 13.3. The average Bonchev–Trinajstić information content (AvgIpc) is 3.40. The number of unbranched alkanes of at least 4 members (excludes halogenated alkanes) is 10. The number of carbonyl (C=O) groups excluding carboxylic acids is 2. The molecule has 4 atom stereocenters. The van der Waals surface area contributed by atoms with E-state index in [-0.39, 0.29) is 36.5 Å². The summed E-state index contributed by atoms with van der Waals surface area (Å²) in [5.74, 6) is -0.564. The molecule has 2 heterocycles. The van der Waals surface area contributed by atoms with Crippen molar-refractivity contribution in [1.29, 1.82) is 0 Å². The lowest BCUT2D eigenvalue weighted by atomic mass is 9.90. The van der Waals surface area contributed by atoms with Crippen LogP contribution in [0.3, 0.4) is 0 Å². The molecule has 7 heteroatoms. The van der Waals surface area contributed by atoms with Crippen LogP contribution in [0, 0.1) is 5.92 Å². The SMILES string of the molecule is CCCCCCCCN(CCCCCCCC)CC1OC(c2cccc(N3C(=O)c4ccccc4C3=O)c2)OC(c2ccc(CO)cc2)C1C. The monoisotopic (exact) mass is 682 g/mol. The lowest BCUT2D eigenvalue weighted by Gasteiger charge is -2.43. The molecule has 2 aliphatic rings. The first-order valence-corrected chi connectivity index (χ1v) is 19.3. The van der Waals surface area contributed by atoms with Crippen LogP contribution in [0.4, 0.5) is 5.69 Å². The first-order chi connectivity index (χ1) is 24.4. The molecule has 4 unspecified atom stereocenters. The minimum Gasteiger partial charge on any atom is -0.392 e. The Balaban J connectivity index is 1.37. The molecule has 270 valence electrons. The maximum atomic E-state index is 13.3. The van der Waals surface area contributed by atoms with Gasteiger partial charge in [-0.1, -0.05) is 134 Å². The zero-order chi connectivity index (χ0) is 35.3. The van der Waals surface area contributed by atoms with Crippen molar-refractivity contribution in [3.63, 3.8) is 0 Å². The zero-order valence-electron chi connectivity index (χ0n) is 30.5. The second-order valence-electron chi connectivity index (χ2n) is 14.2. The van der Waals surface area contributed by atoms with Crippen LogP contribution in [0.2, 0.25) is 0 Å². The summed E-state index contributed by atoms with van der Waals surface area (Å²) in [6.45, 7) is 9.67. The van der Waals surface area contributed by atoms with Gasteiger partial charge in [-0.2, -0.15) is 0 Å². The standard InChI is InChI=1S/C43H58N2O5/c1-4-6-8-10-12-16-27-44(28-17-13-11-9-7-5-2)30-39-32(3)40(34-25-23-33(31-46)24-26-34)50-43(49-39)35-19-18-20-36(29-35)45-41(47)37-21-14-15-22-38(37)42(45)48/h14-15,18-26,29,32,39-40,43,46H,4-13,16-17,27-28,30-31H2,1-3H3. The Labute approximate surface area is 300 Å². The van der Waals surface area contributed by atoms with E-state index in [1.54, 1.807) is 30.3 Å². The van der Waals surface area contributed by atoms with Crippen LogP contribution in [0.15, 0.2) is 72.8 Å². The number of aliphatic hydroxyl groups is 1. The highest BCUT2D eigenvalue weighted by Gasteiger charge is 2.40. The highest BCUT2D eigenvalue weighted by molar-refractivity contribution is 6.34. The second kappa shape index (κ2) is 19.3. The van der Waals surface area contributed by atoms with Crippen LogP contribution >= 0.6 is 0 Å². The van der Waals surface area contributed by atoms with E-state index in [0.717, 1.165) is 36.3 Å². The van der Waals surface area contributed by atoms with Crippen LogP contribution in [-0.4, -0.2) is 47.6 Å². The molecule has 0 saturated carbocycles. The van der Waals surface area contributed by atoms with Gasteiger partial charge in [0.15, 0.2) is 6.29 Å². The van der Waals surface area contributed by atoms with Gasteiger partial charge in [-0.15, -0.1) is 0 Å². The minimum atomic E-state index is -0.682. The second-order valence-corrected chi connectivity index (χ2v) is 14.2. The summed E-state index contributed by atoms with van der Waals surface area (Å²) in [4.78, 5) is 30.6. The van der Waals surface area contributed by atoms with Gasteiger partial charge < -0.3 is 19.5 Å². The molecule has 2 amide bonds. The number of anilines is 1. The highest BCUT2D eigenvalue weighted by atomic mass is 16.7.